The summed E-state index contributed by atoms with van der Waals surface area (Å²) in [6.45, 7) is 0.275. The number of hydrogen-bond acceptors (Lipinski definition) is 4. The van der Waals surface area contributed by atoms with Gasteiger partial charge in [-0.2, -0.15) is 0 Å². The van der Waals surface area contributed by atoms with Gasteiger partial charge < -0.3 is 15.2 Å². The highest BCUT2D eigenvalue weighted by molar-refractivity contribution is 7.85. The van der Waals surface area contributed by atoms with E-state index in [-0.39, 0.29) is 6.61 Å². The molecule has 2 aromatic carbocycles. The van der Waals surface area contributed by atoms with Gasteiger partial charge in [-0.1, -0.05) is 29.8 Å². The fourth-order valence-electron chi connectivity index (χ4n) is 1.83. The maximum Gasteiger partial charge on any atom is 0.161 e. The summed E-state index contributed by atoms with van der Waals surface area (Å²) in [5.74, 6) is 1.55. The van der Waals surface area contributed by atoms with Gasteiger partial charge in [0, 0.05) is 5.69 Å². The van der Waals surface area contributed by atoms with Gasteiger partial charge in [-0.25, -0.2) is 0 Å². The van der Waals surface area contributed by atoms with Crippen LogP contribution in [0.1, 0.15) is 0 Å². The quantitative estimate of drug-likeness (QED) is 0.829. The van der Waals surface area contributed by atoms with Crippen molar-refractivity contribution in [3.8, 4) is 11.5 Å². The van der Waals surface area contributed by atoms with E-state index in [0.29, 0.717) is 32.9 Å². The number of rotatable bonds is 6. The van der Waals surface area contributed by atoms with E-state index in [1.807, 2.05) is 12.1 Å². The number of methoxy groups -OCH3 is 1. The molecule has 0 aliphatic rings. The first-order valence-electron chi connectivity index (χ1n) is 6.31. The van der Waals surface area contributed by atoms with Crippen molar-refractivity contribution in [3.63, 3.8) is 0 Å². The Hall–Kier alpha value is -1.72. The zero-order valence-corrected chi connectivity index (χ0v) is 13.1. The Balaban J connectivity index is 1.99. The van der Waals surface area contributed by atoms with Gasteiger partial charge in [0.2, 0.25) is 0 Å². The third-order valence-corrected chi connectivity index (χ3v) is 4.70. The highest BCUT2D eigenvalue weighted by Gasteiger charge is 2.13. The molecular weight excluding hydrogens is 310 g/mol. The number of nitrogens with two attached hydrogens (primary N) is 1. The lowest BCUT2D eigenvalue weighted by Gasteiger charge is -2.11. The highest BCUT2D eigenvalue weighted by Crippen LogP contribution is 2.27. The second kappa shape index (κ2) is 7.33. The van der Waals surface area contributed by atoms with Crippen molar-refractivity contribution in [3.05, 3.63) is 47.5 Å². The molecule has 112 valence electrons. The van der Waals surface area contributed by atoms with Gasteiger partial charge in [0.25, 0.3) is 0 Å². The molecule has 21 heavy (non-hydrogen) atoms. The van der Waals surface area contributed by atoms with E-state index in [9.17, 15) is 4.21 Å². The summed E-state index contributed by atoms with van der Waals surface area (Å²) in [7, 11) is 0.263. The highest BCUT2D eigenvalue weighted by atomic mass is 35.5. The SMILES string of the molecule is COc1ccccc1OCCS(=O)c1c(N)cccc1Cl. The molecule has 0 bridgehead atoms. The van der Waals surface area contributed by atoms with Crippen LogP contribution in [0.5, 0.6) is 11.5 Å². The van der Waals surface area contributed by atoms with Crippen molar-refractivity contribution in [2.45, 2.75) is 4.90 Å². The molecule has 0 spiro atoms. The number of anilines is 1. The largest absolute Gasteiger partial charge is 0.493 e. The molecule has 0 aromatic heterocycles. The topological polar surface area (TPSA) is 61.5 Å². The van der Waals surface area contributed by atoms with Crippen molar-refractivity contribution in [1.29, 1.82) is 0 Å². The summed E-state index contributed by atoms with van der Waals surface area (Å²) in [5.41, 5.74) is 6.24. The molecule has 0 radical (unpaired) electrons. The van der Waals surface area contributed by atoms with Crippen LogP contribution in [0.25, 0.3) is 0 Å². The zero-order valence-electron chi connectivity index (χ0n) is 11.5. The summed E-state index contributed by atoms with van der Waals surface area (Å²) < 4.78 is 23.0. The van der Waals surface area contributed by atoms with E-state index in [4.69, 9.17) is 26.8 Å². The fourth-order valence-corrected chi connectivity index (χ4v) is 3.33. The molecule has 1 atom stereocenters. The Morgan fingerprint density at radius 2 is 1.86 bits per heavy atom. The maximum absolute atomic E-state index is 12.3. The third-order valence-electron chi connectivity index (χ3n) is 2.82. The van der Waals surface area contributed by atoms with Gasteiger partial charge in [-0.3, -0.25) is 4.21 Å². The zero-order chi connectivity index (χ0) is 15.2. The third kappa shape index (κ3) is 3.89. The number of benzene rings is 2. The molecule has 6 heteroatoms. The number of hydrogen-bond donors (Lipinski definition) is 1. The molecule has 1 unspecified atom stereocenters. The lowest BCUT2D eigenvalue weighted by molar-refractivity contribution is 0.313. The monoisotopic (exact) mass is 325 g/mol. The normalized spacial score (nSPS) is 11.9. The Morgan fingerprint density at radius 1 is 1.14 bits per heavy atom. The van der Waals surface area contributed by atoms with Crippen LogP contribution >= 0.6 is 11.6 Å². The van der Waals surface area contributed by atoms with Crippen molar-refractivity contribution in [2.24, 2.45) is 0 Å². The maximum atomic E-state index is 12.3. The molecule has 0 aliphatic heterocycles. The predicted molar refractivity (Wildman–Crippen MR) is 85.6 cm³/mol. The second-order valence-electron chi connectivity index (χ2n) is 4.21. The molecule has 2 rings (SSSR count). The van der Waals surface area contributed by atoms with E-state index in [0.717, 1.165) is 0 Å². The van der Waals surface area contributed by atoms with E-state index in [2.05, 4.69) is 0 Å². The number of nitrogen functional groups attached to an aromatic ring is 1. The van der Waals surface area contributed by atoms with Gasteiger partial charge in [0.1, 0.15) is 6.61 Å². The van der Waals surface area contributed by atoms with Crippen LogP contribution in [-0.2, 0) is 10.8 Å². The fraction of sp³-hybridized carbons (Fsp3) is 0.200. The van der Waals surface area contributed by atoms with Crippen LogP contribution < -0.4 is 15.2 Å². The van der Waals surface area contributed by atoms with E-state index in [1.54, 1.807) is 37.4 Å². The first-order valence-corrected chi connectivity index (χ1v) is 8.01. The Labute approximate surface area is 131 Å². The molecule has 2 aromatic rings. The van der Waals surface area contributed by atoms with E-state index >= 15 is 0 Å². The van der Waals surface area contributed by atoms with Crippen LogP contribution in [0.15, 0.2) is 47.4 Å². The van der Waals surface area contributed by atoms with Crippen molar-refractivity contribution >= 4 is 28.1 Å². The number of ether oxygens (including phenoxy) is 2. The van der Waals surface area contributed by atoms with Gasteiger partial charge in [-0.05, 0) is 24.3 Å². The molecule has 0 heterocycles. The summed E-state index contributed by atoms with van der Waals surface area (Å²) in [5, 5.41) is 0.408. The molecule has 0 saturated carbocycles. The average molecular weight is 326 g/mol. The van der Waals surface area contributed by atoms with Gasteiger partial charge in [-0.15, -0.1) is 0 Å². The molecule has 0 aliphatic carbocycles. The minimum Gasteiger partial charge on any atom is -0.493 e. The standard InChI is InChI=1S/C15H16ClNO3S/c1-19-13-7-2-3-8-14(13)20-9-10-21(18)15-11(16)5-4-6-12(15)17/h2-8H,9-10,17H2,1H3. The van der Waals surface area contributed by atoms with Gasteiger partial charge in [0.05, 0.1) is 33.6 Å². The Bertz CT molecular complexity index is 628. The molecule has 0 fully saturated rings. The van der Waals surface area contributed by atoms with Gasteiger partial charge in [0.15, 0.2) is 11.5 Å². The lowest BCUT2D eigenvalue weighted by Crippen LogP contribution is -2.11. The predicted octanol–water partition coefficient (Wildman–Crippen LogP) is 3.12. The minimum atomic E-state index is -1.31. The summed E-state index contributed by atoms with van der Waals surface area (Å²) in [6, 6.07) is 12.4. The molecule has 4 nitrogen and oxygen atoms in total. The van der Waals surface area contributed by atoms with Crippen LogP contribution in [-0.4, -0.2) is 23.7 Å². The van der Waals surface area contributed by atoms with Crippen LogP contribution in [0, 0.1) is 0 Å². The van der Waals surface area contributed by atoms with Gasteiger partial charge >= 0.3 is 0 Å². The summed E-state index contributed by atoms with van der Waals surface area (Å²) >= 11 is 6.03. The second-order valence-corrected chi connectivity index (χ2v) is 6.12. The average Bonchev–Trinajstić information content (AvgIpc) is 2.47. The molecule has 0 amide bonds. The van der Waals surface area contributed by atoms with Crippen LogP contribution in [0.3, 0.4) is 0 Å². The van der Waals surface area contributed by atoms with E-state index in [1.165, 1.54) is 0 Å². The minimum absolute atomic E-state index is 0.275. The molecular formula is C15H16ClNO3S. The number of halogens is 1. The molecule has 0 saturated heterocycles. The smallest absolute Gasteiger partial charge is 0.161 e. The number of para-hydroxylation sites is 2. The Morgan fingerprint density at radius 3 is 2.52 bits per heavy atom. The summed E-state index contributed by atoms with van der Waals surface area (Å²) in [6.07, 6.45) is 0. The van der Waals surface area contributed by atoms with Crippen molar-refractivity contribution < 1.29 is 13.7 Å². The van der Waals surface area contributed by atoms with Crippen LogP contribution in [0.4, 0.5) is 5.69 Å². The van der Waals surface area contributed by atoms with Crippen LogP contribution in [0.2, 0.25) is 5.02 Å². The Kier molecular flexibility index (Phi) is 5.47. The summed E-state index contributed by atoms with van der Waals surface area (Å²) in [4.78, 5) is 0.461. The first kappa shape index (κ1) is 15.7. The lowest BCUT2D eigenvalue weighted by atomic mass is 10.3. The first-order chi connectivity index (χ1) is 10.1. The van der Waals surface area contributed by atoms with Crippen molar-refractivity contribution in [1.82, 2.24) is 0 Å². The van der Waals surface area contributed by atoms with Crippen molar-refractivity contribution in [2.75, 3.05) is 25.2 Å². The molecule has 2 N–H and O–H groups in total. The van der Waals surface area contributed by atoms with E-state index < -0.39 is 10.8 Å².